The third kappa shape index (κ3) is 8.30. The summed E-state index contributed by atoms with van der Waals surface area (Å²) in [6.45, 7) is 7.22. The lowest BCUT2D eigenvalue weighted by atomic mass is 10.1. The average molecular weight is 464 g/mol. The minimum absolute atomic E-state index is 0.255. The average Bonchev–Trinajstić information content (AvgIpc) is 2.80. The molecule has 2 aromatic rings. The van der Waals surface area contributed by atoms with Crippen molar-refractivity contribution in [3.05, 3.63) is 24.5 Å². The summed E-state index contributed by atoms with van der Waals surface area (Å²) in [5.74, 6) is 0.836. The topological polar surface area (TPSA) is 101 Å². The highest BCUT2D eigenvalue weighted by Gasteiger charge is 2.18. The molecule has 0 aliphatic rings. The molecule has 0 saturated carbocycles. The largest absolute Gasteiger partial charge is 0.356 e. The lowest BCUT2D eigenvalue weighted by Gasteiger charge is -2.25. The Morgan fingerprint density at radius 3 is 2.22 bits per heavy atom. The zero-order chi connectivity index (χ0) is 23.2. The highest BCUT2D eigenvalue weighted by atomic mass is 32.2. The fourth-order valence-electron chi connectivity index (χ4n) is 3.78. The van der Waals surface area contributed by atoms with E-state index in [0.29, 0.717) is 13.1 Å². The van der Waals surface area contributed by atoms with Gasteiger partial charge in [0, 0.05) is 25.0 Å². The molecule has 0 spiro atoms. The van der Waals surface area contributed by atoms with E-state index in [2.05, 4.69) is 33.4 Å². The van der Waals surface area contributed by atoms with Crippen molar-refractivity contribution < 1.29 is 8.42 Å². The van der Waals surface area contributed by atoms with Crippen LogP contribution in [-0.2, 0) is 10.0 Å². The number of aromatic nitrogens is 2. The fourth-order valence-corrected chi connectivity index (χ4v) is 4.88. The second-order valence-electron chi connectivity index (χ2n) is 8.38. The zero-order valence-corrected chi connectivity index (χ0v) is 20.7. The highest BCUT2D eigenvalue weighted by molar-refractivity contribution is 7.89. The molecule has 0 amide bonds. The maximum absolute atomic E-state index is 12.8. The fraction of sp³-hybridized carbons (Fsp3) is 0.667. The first-order valence-electron chi connectivity index (χ1n) is 12.2. The molecule has 180 valence electrons. The molecule has 0 bridgehead atoms. The molecule has 0 fully saturated rings. The summed E-state index contributed by atoms with van der Waals surface area (Å²) in [5, 5.41) is 0.795. The van der Waals surface area contributed by atoms with Crippen LogP contribution in [0, 0.1) is 0 Å². The Morgan fingerprint density at radius 1 is 0.906 bits per heavy atom. The van der Waals surface area contributed by atoms with Crippen LogP contribution in [0.4, 0.5) is 5.82 Å². The molecule has 3 N–H and O–H groups in total. The second kappa shape index (κ2) is 14.4. The van der Waals surface area contributed by atoms with Crippen molar-refractivity contribution in [2.24, 2.45) is 5.73 Å². The number of nitrogens with two attached hydrogens (primary N) is 1. The number of unbranched alkanes of at least 4 members (excludes halogenated alkanes) is 7. The van der Waals surface area contributed by atoms with Gasteiger partial charge in [-0.2, -0.15) is 0 Å². The van der Waals surface area contributed by atoms with Crippen molar-refractivity contribution in [1.82, 2.24) is 14.7 Å². The number of fused-ring (bicyclic) bond motifs is 1. The standard InChI is InChI=1S/C24H41N5O2S/c1-3-5-7-11-17-29(18-12-8-6-4-2)24-22-19-21(13-14-23(22)26-20-27-24)32(30,31)28-16-10-9-15-25/h13-14,19-20,28H,3-12,15-18,25H2,1-2H3. The second-order valence-corrected chi connectivity index (χ2v) is 10.1. The van der Waals surface area contributed by atoms with Crippen molar-refractivity contribution in [3.8, 4) is 0 Å². The van der Waals surface area contributed by atoms with E-state index in [4.69, 9.17) is 5.73 Å². The molecule has 7 nitrogen and oxygen atoms in total. The van der Waals surface area contributed by atoms with Crippen LogP contribution in [0.25, 0.3) is 10.9 Å². The molecule has 32 heavy (non-hydrogen) atoms. The van der Waals surface area contributed by atoms with Crippen molar-refractivity contribution >= 4 is 26.7 Å². The first-order chi connectivity index (χ1) is 15.5. The van der Waals surface area contributed by atoms with Crippen molar-refractivity contribution in [1.29, 1.82) is 0 Å². The normalized spacial score (nSPS) is 11.8. The number of anilines is 1. The van der Waals surface area contributed by atoms with Gasteiger partial charge in [-0.15, -0.1) is 0 Å². The van der Waals surface area contributed by atoms with Gasteiger partial charge in [0.25, 0.3) is 0 Å². The van der Waals surface area contributed by atoms with E-state index in [0.717, 1.165) is 55.5 Å². The Balaban J connectivity index is 2.28. The summed E-state index contributed by atoms with van der Waals surface area (Å²) in [5.41, 5.74) is 6.27. The Morgan fingerprint density at radius 2 is 1.59 bits per heavy atom. The highest BCUT2D eigenvalue weighted by Crippen LogP contribution is 2.26. The van der Waals surface area contributed by atoms with E-state index >= 15 is 0 Å². The van der Waals surface area contributed by atoms with E-state index in [-0.39, 0.29) is 4.90 Å². The van der Waals surface area contributed by atoms with Gasteiger partial charge in [0.1, 0.15) is 12.1 Å². The first kappa shape index (κ1) is 26.5. The lowest BCUT2D eigenvalue weighted by molar-refractivity contribution is 0.577. The molecule has 0 aliphatic heterocycles. The number of rotatable bonds is 17. The summed E-state index contributed by atoms with van der Waals surface area (Å²) >= 11 is 0. The number of benzene rings is 1. The van der Waals surface area contributed by atoms with Gasteiger partial charge < -0.3 is 10.6 Å². The third-order valence-corrected chi connectivity index (χ3v) is 7.14. The maximum atomic E-state index is 12.8. The van der Waals surface area contributed by atoms with Crippen molar-refractivity contribution in [2.45, 2.75) is 83.0 Å². The predicted octanol–water partition coefficient (Wildman–Crippen LogP) is 4.61. The van der Waals surface area contributed by atoms with E-state index in [9.17, 15) is 8.42 Å². The Labute approximate surface area is 194 Å². The van der Waals surface area contributed by atoms with Crippen molar-refractivity contribution in [3.63, 3.8) is 0 Å². The quantitative estimate of drug-likeness (QED) is 0.332. The van der Waals surface area contributed by atoms with E-state index in [1.807, 2.05) is 0 Å². The zero-order valence-electron chi connectivity index (χ0n) is 19.9. The van der Waals surface area contributed by atoms with Crippen LogP contribution in [0.5, 0.6) is 0 Å². The molecular weight excluding hydrogens is 422 g/mol. The van der Waals surface area contributed by atoms with Crippen LogP contribution in [0.15, 0.2) is 29.4 Å². The monoisotopic (exact) mass is 463 g/mol. The Hall–Kier alpha value is -1.77. The lowest BCUT2D eigenvalue weighted by Crippen LogP contribution is -2.27. The van der Waals surface area contributed by atoms with Crippen molar-refractivity contribution in [2.75, 3.05) is 31.1 Å². The van der Waals surface area contributed by atoms with Gasteiger partial charge in [0.2, 0.25) is 10.0 Å². The van der Waals surface area contributed by atoms with Gasteiger partial charge in [-0.1, -0.05) is 52.4 Å². The van der Waals surface area contributed by atoms with Crippen LogP contribution < -0.4 is 15.4 Å². The van der Waals surface area contributed by atoms with Gasteiger partial charge in [-0.3, -0.25) is 0 Å². The van der Waals surface area contributed by atoms with Crippen LogP contribution in [0.3, 0.4) is 0 Å². The predicted molar refractivity (Wildman–Crippen MR) is 134 cm³/mol. The van der Waals surface area contributed by atoms with E-state index in [1.54, 1.807) is 24.5 Å². The molecule has 0 atom stereocenters. The number of nitrogens with one attached hydrogen (secondary N) is 1. The molecule has 0 radical (unpaired) electrons. The molecule has 1 aromatic carbocycles. The minimum atomic E-state index is -3.59. The SMILES string of the molecule is CCCCCCN(CCCCCC)c1ncnc2ccc(S(=O)(=O)NCCCCN)cc12. The summed E-state index contributed by atoms with van der Waals surface area (Å²) in [6.07, 6.45) is 12.6. The van der Waals surface area contributed by atoms with Gasteiger partial charge in [-0.25, -0.2) is 23.1 Å². The van der Waals surface area contributed by atoms with Crippen LogP contribution in [0.1, 0.15) is 78.1 Å². The molecular formula is C24H41N5O2S. The number of hydrogen-bond acceptors (Lipinski definition) is 6. The summed E-state index contributed by atoms with van der Waals surface area (Å²) in [4.78, 5) is 11.6. The summed E-state index contributed by atoms with van der Waals surface area (Å²) in [6, 6.07) is 5.12. The van der Waals surface area contributed by atoms with Gasteiger partial charge >= 0.3 is 0 Å². The van der Waals surface area contributed by atoms with Gasteiger partial charge in [0.15, 0.2) is 0 Å². The molecule has 8 heteroatoms. The molecule has 1 heterocycles. The minimum Gasteiger partial charge on any atom is -0.356 e. The number of hydrogen-bond donors (Lipinski definition) is 2. The third-order valence-electron chi connectivity index (χ3n) is 5.68. The smallest absolute Gasteiger partial charge is 0.240 e. The molecule has 0 saturated heterocycles. The Kier molecular flexibility index (Phi) is 11.9. The molecule has 2 rings (SSSR count). The number of nitrogens with zero attached hydrogens (tertiary/aromatic N) is 3. The summed E-state index contributed by atoms with van der Waals surface area (Å²) in [7, 11) is -3.59. The van der Waals surface area contributed by atoms with Crippen LogP contribution in [-0.4, -0.2) is 44.6 Å². The maximum Gasteiger partial charge on any atom is 0.240 e. The molecule has 1 aromatic heterocycles. The Bertz CT molecular complexity index is 892. The van der Waals surface area contributed by atoms with Gasteiger partial charge in [0.05, 0.1) is 10.4 Å². The van der Waals surface area contributed by atoms with E-state index < -0.39 is 10.0 Å². The van der Waals surface area contributed by atoms with E-state index in [1.165, 1.54) is 38.5 Å². The first-order valence-corrected chi connectivity index (χ1v) is 13.7. The molecule has 0 unspecified atom stereocenters. The van der Waals surface area contributed by atoms with Gasteiger partial charge in [-0.05, 0) is 50.4 Å². The van der Waals surface area contributed by atoms with Crippen LogP contribution in [0.2, 0.25) is 0 Å². The number of sulfonamides is 1. The van der Waals surface area contributed by atoms with Crippen LogP contribution >= 0.6 is 0 Å². The molecule has 0 aliphatic carbocycles. The summed E-state index contributed by atoms with van der Waals surface area (Å²) < 4.78 is 28.3.